The zero-order valence-corrected chi connectivity index (χ0v) is 17.3. The first-order valence-corrected chi connectivity index (χ1v) is 10.7. The van der Waals surface area contributed by atoms with Crippen LogP contribution in [0.15, 0.2) is 66.0 Å². The number of carbonyl (C=O) groups excluding carboxylic acids is 1. The molecule has 2 fully saturated rings. The van der Waals surface area contributed by atoms with E-state index in [1.54, 1.807) is 0 Å². The average Bonchev–Trinajstić information content (AvgIpc) is 2.77. The molecular weight excluding hydrogens is 390 g/mol. The van der Waals surface area contributed by atoms with E-state index < -0.39 is 0 Å². The predicted molar refractivity (Wildman–Crippen MR) is 122 cm³/mol. The number of hydrogen-bond acceptors (Lipinski definition) is 4. The summed E-state index contributed by atoms with van der Waals surface area (Å²) in [5, 5.41) is 1.00. The molecule has 1 N–H and O–H groups in total. The highest BCUT2D eigenvalue weighted by Gasteiger charge is 2.32. The van der Waals surface area contributed by atoms with Crippen molar-refractivity contribution in [1.29, 1.82) is 0 Å². The topological polar surface area (TPSA) is 65.6 Å². The van der Waals surface area contributed by atoms with E-state index in [0.29, 0.717) is 25.3 Å². The summed E-state index contributed by atoms with van der Waals surface area (Å²) in [5.74, 6) is 0.112. The number of ether oxygens (including phenoxy) is 1. The maximum atomic E-state index is 12.5. The first-order chi connectivity index (χ1) is 15.1. The van der Waals surface area contributed by atoms with Gasteiger partial charge in [0.25, 0.3) is 11.5 Å². The van der Waals surface area contributed by atoms with Crippen LogP contribution in [0.1, 0.15) is 12.0 Å². The molecule has 1 amide bonds. The van der Waals surface area contributed by atoms with E-state index >= 15 is 0 Å². The van der Waals surface area contributed by atoms with Crippen molar-refractivity contribution in [2.75, 3.05) is 32.8 Å². The van der Waals surface area contributed by atoms with E-state index in [1.807, 2.05) is 59.5 Å². The highest BCUT2D eigenvalue weighted by atomic mass is 16.5. The molecule has 2 saturated heterocycles. The molecule has 0 aliphatic carbocycles. The van der Waals surface area contributed by atoms with Crippen molar-refractivity contribution >= 4 is 22.5 Å². The number of amides is 1. The molecule has 2 aromatic carbocycles. The molecule has 2 aliphatic rings. The number of piperazine rings is 1. The number of pyridine rings is 1. The van der Waals surface area contributed by atoms with E-state index in [1.165, 1.54) is 0 Å². The summed E-state index contributed by atoms with van der Waals surface area (Å²) in [6.45, 7) is 7.83. The Hall–Kier alpha value is -3.38. The molecule has 6 nitrogen and oxygen atoms in total. The lowest BCUT2D eigenvalue weighted by atomic mass is 10.0. The van der Waals surface area contributed by atoms with Crippen LogP contribution in [-0.2, 0) is 9.53 Å². The Labute approximate surface area is 180 Å². The maximum Gasteiger partial charge on any atom is 0.256 e. The maximum absolute atomic E-state index is 12.5. The Morgan fingerprint density at radius 1 is 1.00 bits per heavy atom. The molecule has 3 aromatic rings. The minimum absolute atomic E-state index is 0.0958. The quantitative estimate of drug-likeness (QED) is 0.711. The van der Waals surface area contributed by atoms with Crippen LogP contribution in [0.3, 0.4) is 0 Å². The SMILES string of the molecule is C=C(c1ccc(-c2cc3ccccc3[nH]c2=O)cc1)N1CCN(C(=O)C2CCO2)CC1. The van der Waals surface area contributed by atoms with Crippen molar-refractivity contribution in [2.24, 2.45) is 0 Å². The van der Waals surface area contributed by atoms with Gasteiger partial charge < -0.3 is 19.5 Å². The van der Waals surface area contributed by atoms with Crippen molar-refractivity contribution in [3.63, 3.8) is 0 Å². The number of fused-ring (bicyclic) bond motifs is 1. The van der Waals surface area contributed by atoms with Gasteiger partial charge in [0.2, 0.25) is 0 Å². The van der Waals surface area contributed by atoms with Gasteiger partial charge in [-0.15, -0.1) is 0 Å². The molecule has 0 radical (unpaired) electrons. The van der Waals surface area contributed by atoms with Crippen molar-refractivity contribution < 1.29 is 9.53 Å². The second-order valence-electron chi connectivity index (χ2n) is 8.08. The van der Waals surface area contributed by atoms with Crippen LogP contribution in [0, 0.1) is 0 Å². The number of para-hydroxylation sites is 1. The Morgan fingerprint density at radius 3 is 2.35 bits per heavy atom. The second-order valence-corrected chi connectivity index (χ2v) is 8.08. The van der Waals surface area contributed by atoms with E-state index in [-0.39, 0.29) is 17.6 Å². The fourth-order valence-corrected chi connectivity index (χ4v) is 4.22. The lowest BCUT2D eigenvalue weighted by Gasteiger charge is -2.39. The van der Waals surface area contributed by atoms with Gasteiger partial charge >= 0.3 is 0 Å². The number of nitrogens with one attached hydrogen (secondary N) is 1. The fraction of sp³-hybridized carbons (Fsp3) is 0.280. The number of benzene rings is 2. The van der Waals surface area contributed by atoms with Crippen LogP contribution in [0.2, 0.25) is 0 Å². The highest BCUT2D eigenvalue weighted by molar-refractivity contribution is 5.84. The zero-order valence-electron chi connectivity index (χ0n) is 17.3. The molecular formula is C25H25N3O3. The predicted octanol–water partition coefficient (Wildman–Crippen LogP) is 3.10. The highest BCUT2D eigenvalue weighted by Crippen LogP contribution is 2.25. The first-order valence-electron chi connectivity index (χ1n) is 10.7. The van der Waals surface area contributed by atoms with Crippen molar-refractivity contribution in [3.05, 3.63) is 77.1 Å². The Morgan fingerprint density at radius 2 is 1.68 bits per heavy atom. The largest absolute Gasteiger partial charge is 0.368 e. The van der Waals surface area contributed by atoms with Gasteiger partial charge in [0.1, 0.15) is 6.10 Å². The molecule has 6 heteroatoms. The van der Waals surface area contributed by atoms with Crippen LogP contribution in [-0.4, -0.2) is 59.6 Å². The van der Waals surface area contributed by atoms with Crippen LogP contribution < -0.4 is 5.56 Å². The first kappa shape index (κ1) is 19.6. The summed E-state index contributed by atoms with van der Waals surface area (Å²) in [7, 11) is 0. The molecule has 5 rings (SSSR count). The van der Waals surface area contributed by atoms with Crippen molar-refractivity contribution in [3.8, 4) is 11.1 Å². The van der Waals surface area contributed by atoms with E-state index in [2.05, 4.69) is 16.5 Å². The van der Waals surface area contributed by atoms with Crippen LogP contribution in [0.4, 0.5) is 0 Å². The molecule has 158 valence electrons. The van der Waals surface area contributed by atoms with Gasteiger partial charge in [-0.3, -0.25) is 9.59 Å². The smallest absolute Gasteiger partial charge is 0.256 e. The van der Waals surface area contributed by atoms with Crippen LogP contribution in [0.5, 0.6) is 0 Å². The number of nitrogens with zero attached hydrogens (tertiary/aromatic N) is 2. The minimum Gasteiger partial charge on any atom is -0.368 e. The van der Waals surface area contributed by atoms with Gasteiger partial charge in [0.15, 0.2) is 0 Å². The van der Waals surface area contributed by atoms with Crippen molar-refractivity contribution in [1.82, 2.24) is 14.8 Å². The molecule has 2 aliphatic heterocycles. The van der Waals surface area contributed by atoms with Gasteiger partial charge in [-0.25, -0.2) is 0 Å². The van der Waals surface area contributed by atoms with Crippen molar-refractivity contribution in [2.45, 2.75) is 12.5 Å². The molecule has 0 spiro atoms. The van der Waals surface area contributed by atoms with Crippen LogP contribution in [0.25, 0.3) is 27.7 Å². The lowest BCUT2D eigenvalue weighted by Crippen LogP contribution is -2.53. The summed E-state index contributed by atoms with van der Waals surface area (Å²) in [6.07, 6.45) is 0.596. The van der Waals surface area contributed by atoms with E-state index in [4.69, 9.17) is 4.74 Å². The molecule has 0 bridgehead atoms. The third-order valence-electron chi connectivity index (χ3n) is 6.23. The summed E-state index contributed by atoms with van der Waals surface area (Å²) in [6, 6.07) is 17.6. The third-order valence-corrected chi connectivity index (χ3v) is 6.23. The number of carbonyl (C=O) groups is 1. The number of aromatic nitrogens is 1. The second kappa shape index (κ2) is 8.04. The summed E-state index contributed by atoms with van der Waals surface area (Å²) < 4.78 is 5.32. The van der Waals surface area contributed by atoms with E-state index in [0.717, 1.165) is 47.2 Å². The molecule has 1 atom stereocenters. The van der Waals surface area contributed by atoms with Gasteiger partial charge in [-0.1, -0.05) is 49.0 Å². The molecule has 1 unspecified atom stereocenters. The van der Waals surface area contributed by atoms with Gasteiger partial charge in [-0.2, -0.15) is 0 Å². The summed E-state index contributed by atoms with van der Waals surface area (Å²) in [4.78, 5) is 31.9. The minimum atomic E-state index is -0.236. The molecule has 3 heterocycles. The summed E-state index contributed by atoms with van der Waals surface area (Å²) in [5.41, 5.74) is 4.22. The Bertz CT molecular complexity index is 1190. The average molecular weight is 415 g/mol. The number of rotatable bonds is 4. The summed E-state index contributed by atoms with van der Waals surface area (Å²) >= 11 is 0. The monoisotopic (exact) mass is 415 g/mol. The molecule has 0 saturated carbocycles. The molecule has 31 heavy (non-hydrogen) atoms. The normalized spacial score (nSPS) is 18.6. The Balaban J connectivity index is 1.28. The Kier molecular flexibility index (Phi) is 5.08. The van der Waals surface area contributed by atoms with Crippen LogP contribution >= 0.6 is 0 Å². The fourth-order valence-electron chi connectivity index (χ4n) is 4.22. The lowest BCUT2D eigenvalue weighted by molar-refractivity contribution is -0.157. The zero-order chi connectivity index (χ0) is 21.4. The van der Waals surface area contributed by atoms with E-state index in [9.17, 15) is 9.59 Å². The number of hydrogen-bond donors (Lipinski definition) is 1. The number of H-pyrrole nitrogens is 1. The number of aromatic amines is 1. The van der Waals surface area contributed by atoms with Gasteiger partial charge in [0.05, 0.1) is 6.61 Å². The molecule has 1 aromatic heterocycles. The third kappa shape index (κ3) is 3.75. The van der Waals surface area contributed by atoms with Gasteiger partial charge in [0, 0.05) is 49.4 Å². The van der Waals surface area contributed by atoms with Gasteiger partial charge in [-0.05, 0) is 28.6 Å². The standard InChI is InChI=1S/C25H25N3O3/c1-17(27-11-13-28(14-12-27)25(30)23-10-15-31-23)18-6-8-19(9-7-18)21-16-20-4-2-3-5-22(20)26-24(21)29/h2-9,16,23H,1,10-15H2,(H,26,29).